The van der Waals surface area contributed by atoms with E-state index >= 15 is 0 Å². The number of piperazine rings is 1. The van der Waals surface area contributed by atoms with E-state index in [-0.39, 0.29) is 0 Å². The Balaban J connectivity index is 1.62. The van der Waals surface area contributed by atoms with Crippen LogP contribution in [0.4, 0.5) is 23.2 Å². The van der Waals surface area contributed by atoms with Crippen LogP contribution in [0.5, 0.6) is 0 Å². The highest BCUT2D eigenvalue weighted by Crippen LogP contribution is 2.32. The summed E-state index contributed by atoms with van der Waals surface area (Å²) in [7, 11) is 0. The van der Waals surface area contributed by atoms with Crippen molar-refractivity contribution in [1.29, 1.82) is 0 Å². The zero-order chi connectivity index (χ0) is 19.4. The maximum Gasteiger partial charge on any atom is 0.416 e. The number of alkyl halides is 3. The van der Waals surface area contributed by atoms with Crippen LogP contribution in [0.3, 0.4) is 0 Å². The highest BCUT2D eigenvalue weighted by Gasteiger charge is 2.31. The summed E-state index contributed by atoms with van der Waals surface area (Å²) in [6.45, 7) is 2.67. The lowest BCUT2D eigenvalue weighted by atomic mass is 9.99. The van der Waals surface area contributed by atoms with Crippen molar-refractivity contribution in [1.82, 2.24) is 4.90 Å². The average molecular weight is 380 g/mol. The van der Waals surface area contributed by atoms with Gasteiger partial charge >= 0.3 is 6.18 Å². The molecule has 27 heavy (non-hydrogen) atoms. The predicted molar refractivity (Wildman–Crippen MR) is 95.3 cm³/mol. The number of carbonyl (C=O) groups is 1. The highest BCUT2D eigenvalue weighted by atomic mass is 19.4. The lowest BCUT2D eigenvalue weighted by Crippen LogP contribution is -2.47. The van der Waals surface area contributed by atoms with E-state index in [1.807, 2.05) is 9.80 Å². The number of nitrogens with zero attached hydrogens (tertiary/aromatic N) is 2. The second-order valence-corrected chi connectivity index (χ2v) is 6.60. The molecule has 0 aliphatic carbocycles. The van der Waals surface area contributed by atoms with Crippen molar-refractivity contribution in [2.45, 2.75) is 12.1 Å². The van der Waals surface area contributed by atoms with Crippen LogP contribution in [-0.2, 0) is 11.0 Å². The van der Waals surface area contributed by atoms with E-state index in [0.717, 1.165) is 18.4 Å². The fraction of sp³-hybridized carbons (Fsp3) is 0.350. The monoisotopic (exact) mass is 380 g/mol. The first-order valence-electron chi connectivity index (χ1n) is 8.73. The van der Waals surface area contributed by atoms with Crippen LogP contribution < -0.4 is 4.90 Å². The van der Waals surface area contributed by atoms with Gasteiger partial charge in [-0.25, -0.2) is 4.39 Å². The number of rotatable bonds is 5. The minimum absolute atomic E-state index is 0.368. The quantitative estimate of drug-likeness (QED) is 0.580. The Bertz CT molecular complexity index is 786. The Morgan fingerprint density at radius 2 is 1.70 bits per heavy atom. The molecule has 2 aromatic rings. The molecule has 3 rings (SSSR count). The Morgan fingerprint density at radius 1 is 1.00 bits per heavy atom. The molecule has 1 aliphatic heterocycles. The van der Waals surface area contributed by atoms with Gasteiger partial charge in [0.1, 0.15) is 12.1 Å². The molecular weight excluding hydrogens is 360 g/mol. The maximum absolute atomic E-state index is 13.9. The Labute approximate surface area is 155 Å². The molecule has 0 bridgehead atoms. The number of carbonyl (C=O) groups excluding carboxylic acids is 1. The van der Waals surface area contributed by atoms with E-state index < -0.39 is 23.5 Å². The van der Waals surface area contributed by atoms with Crippen molar-refractivity contribution < 1.29 is 22.4 Å². The normalized spacial score (nSPS) is 17.0. The van der Waals surface area contributed by atoms with Crippen molar-refractivity contribution in [3.63, 3.8) is 0 Å². The molecule has 0 radical (unpaired) electrons. The van der Waals surface area contributed by atoms with Gasteiger partial charge in [0.15, 0.2) is 0 Å². The molecule has 7 heteroatoms. The molecule has 0 N–H and O–H groups in total. The lowest BCUT2D eigenvalue weighted by molar-refractivity contribution is -0.137. The number of anilines is 1. The third-order valence-corrected chi connectivity index (χ3v) is 4.83. The molecule has 0 spiro atoms. The van der Waals surface area contributed by atoms with Gasteiger partial charge in [-0.15, -0.1) is 0 Å². The average Bonchev–Trinajstić information content (AvgIpc) is 2.67. The van der Waals surface area contributed by atoms with E-state index in [1.54, 1.807) is 24.3 Å². The summed E-state index contributed by atoms with van der Waals surface area (Å²) in [5.41, 5.74) is 0.237. The zero-order valence-electron chi connectivity index (χ0n) is 14.6. The fourth-order valence-corrected chi connectivity index (χ4v) is 3.34. The third kappa shape index (κ3) is 4.66. The molecule has 1 heterocycles. The Hall–Kier alpha value is -2.41. The first-order valence-corrected chi connectivity index (χ1v) is 8.73. The van der Waals surface area contributed by atoms with Crippen LogP contribution in [0, 0.1) is 5.82 Å². The van der Waals surface area contributed by atoms with E-state index in [0.29, 0.717) is 44.0 Å². The van der Waals surface area contributed by atoms with Gasteiger partial charge in [0.25, 0.3) is 0 Å². The van der Waals surface area contributed by atoms with Gasteiger partial charge in [0.2, 0.25) is 0 Å². The van der Waals surface area contributed by atoms with Gasteiger partial charge in [0, 0.05) is 38.4 Å². The molecule has 1 saturated heterocycles. The molecule has 2 aromatic carbocycles. The predicted octanol–water partition coefficient (Wildman–Crippen LogP) is 3.95. The third-order valence-electron chi connectivity index (χ3n) is 4.83. The molecule has 1 aliphatic rings. The van der Waals surface area contributed by atoms with Gasteiger partial charge < -0.3 is 9.69 Å². The van der Waals surface area contributed by atoms with E-state index in [1.165, 1.54) is 12.1 Å². The lowest BCUT2D eigenvalue weighted by Gasteiger charge is -2.37. The summed E-state index contributed by atoms with van der Waals surface area (Å²) in [5.74, 6) is -0.969. The second-order valence-electron chi connectivity index (χ2n) is 6.60. The van der Waals surface area contributed by atoms with Crippen molar-refractivity contribution >= 4 is 12.0 Å². The first kappa shape index (κ1) is 19.4. The Morgan fingerprint density at radius 3 is 2.33 bits per heavy atom. The van der Waals surface area contributed by atoms with Crippen LogP contribution in [0.2, 0.25) is 0 Å². The standard InChI is InChI=1S/C20H20F4N2O/c21-19-7-2-1-6-18(19)15(14-27)13-25-8-10-26(11-9-25)17-5-3-4-16(12-17)20(22,23)24/h1-7,12,14-15H,8-11,13H2. The van der Waals surface area contributed by atoms with Gasteiger partial charge in [-0.05, 0) is 29.8 Å². The molecule has 0 aromatic heterocycles. The molecule has 3 nitrogen and oxygen atoms in total. The number of hydrogen-bond donors (Lipinski definition) is 0. The SMILES string of the molecule is O=CC(CN1CCN(c2cccc(C(F)(F)F)c2)CC1)c1ccccc1F. The smallest absolute Gasteiger partial charge is 0.369 e. The van der Waals surface area contributed by atoms with Crippen LogP contribution >= 0.6 is 0 Å². The van der Waals surface area contributed by atoms with Gasteiger partial charge in [-0.2, -0.15) is 13.2 Å². The summed E-state index contributed by atoms with van der Waals surface area (Å²) < 4.78 is 52.6. The Kier molecular flexibility index (Phi) is 5.79. The minimum Gasteiger partial charge on any atom is -0.369 e. The molecule has 0 amide bonds. The van der Waals surface area contributed by atoms with E-state index in [9.17, 15) is 22.4 Å². The van der Waals surface area contributed by atoms with Gasteiger partial charge in [-0.3, -0.25) is 4.90 Å². The topological polar surface area (TPSA) is 23.6 Å². The zero-order valence-corrected chi connectivity index (χ0v) is 14.6. The van der Waals surface area contributed by atoms with E-state index in [4.69, 9.17) is 0 Å². The molecule has 144 valence electrons. The summed E-state index contributed by atoms with van der Waals surface area (Å²) in [5, 5.41) is 0. The van der Waals surface area contributed by atoms with Crippen LogP contribution in [-0.4, -0.2) is 43.9 Å². The van der Waals surface area contributed by atoms with Crippen LogP contribution in [0.15, 0.2) is 48.5 Å². The second kappa shape index (κ2) is 8.08. The van der Waals surface area contributed by atoms with Crippen molar-refractivity contribution in [3.8, 4) is 0 Å². The van der Waals surface area contributed by atoms with Crippen molar-refractivity contribution in [3.05, 3.63) is 65.5 Å². The van der Waals surface area contributed by atoms with Crippen LogP contribution in [0.25, 0.3) is 0 Å². The maximum atomic E-state index is 13.9. The molecule has 0 saturated carbocycles. The number of halogens is 4. The van der Waals surface area contributed by atoms with Gasteiger partial charge in [-0.1, -0.05) is 24.3 Å². The summed E-state index contributed by atoms with van der Waals surface area (Å²) in [6.07, 6.45) is -3.62. The largest absolute Gasteiger partial charge is 0.416 e. The highest BCUT2D eigenvalue weighted by molar-refractivity contribution is 5.62. The van der Waals surface area contributed by atoms with Gasteiger partial charge in [0.05, 0.1) is 11.5 Å². The molecular formula is C20H20F4N2O. The summed E-state index contributed by atoms with van der Waals surface area (Å²) in [4.78, 5) is 15.4. The number of aldehydes is 1. The minimum atomic E-state index is -4.37. The number of benzene rings is 2. The molecule has 1 unspecified atom stereocenters. The molecule has 1 fully saturated rings. The summed E-state index contributed by atoms with van der Waals surface area (Å²) in [6, 6.07) is 11.5. The number of hydrogen-bond acceptors (Lipinski definition) is 3. The fourth-order valence-electron chi connectivity index (χ4n) is 3.34. The van der Waals surface area contributed by atoms with Crippen molar-refractivity contribution in [2.75, 3.05) is 37.6 Å². The van der Waals surface area contributed by atoms with Crippen LogP contribution in [0.1, 0.15) is 17.0 Å². The summed E-state index contributed by atoms with van der Waals surface area (Å²) >= 11 is 0. The first-order chi connectivity index (χ1) is 12.9. The van der Waals surface area contributed by atoms with Crippen molar-refractivity contribution in [2.24, 2.45) is 0 Å². The molecule has 1 atom stereocenters. The van der Waals surface area contributed by atoms with E-state index in [2.05, 4.69) is 0 Å².